The number of carboxylic acid groups (broad SMARTS) is 1. The second-order valence-electron chi connectivity index (χ2n) is 6.04. The zero-order chi connectivity index (χ0) is 20.0. The number of halogens is 1. The molecule has 2 rings (SSSR count). The molecule has 0 radical (unpaired) electrons. The summed E-state index contributed by atoms with van der Waals surface area (Å²) in [6.45, 7) is 3.21. The summed E-state index contributed by atoms with van der Waals surface area (Å²) >= 11 is 3.34. The number of carbonyl (C=O) groups excluding carboxylic acids is 1. The molecule has 0 fully saturated rings. The van der Waals surface area contributed by atoms with Gasteiger partial charge in [-0.15, -0.1) is 0 Å². The monoisotopic (exact) mass is 434 g/mol. The molecule has 7 heteroatoms. The lowest BCUT2D eigenvalue weighted by molar-refractivity contribution is -0.149. The topological polar surface area (TPSA) is 82.1 Å². The van der Waals surface area contributed by atoms with Crippen LogP contribution in [0.3, 0.4) is 0 Å². The van der Waals surface area contributed by atoms with Crippen molar-refractivity contribution in [3.8, 4) is 17.2 Å². The van der Waals surface area contributed by atoms with Gasteiger partial charge in [0.2, 0.25) is 5.60 Å². The van der Waals surface area contributed by atoms with Gasteiger partial charge in [0.05, 0.1) is 7.11 Å². The molecule has 0 aliphatic rings. The van der Waals surface area contributed by atoms with Crippen LogP contribution in [0, 0.1) is 0 Å². The smallest absolute Gasteiger partial charge is 0.355 e. The van der Waals surface area contributed by atoms with Gasteiger partial charge in [-0.1, -0.05) is 22.0 Å². The van der Waals surface area contributed by atoms with Gasteiger partial charge in [0.1, 0.15) is 5.75 Å². The summed E-state index contributed by atoms with van der Waals surface area (Å²) in [6.07, 6.45) is 2.42. The largest absolute Gasteiger partial charge is 0.493 e. The Bertz CT molecular complexity index is 855. The van der Waals surface area contributed by atoms with Crippen molar-refractivity contribution >= 4 is 33.9 Å². The van der Waals surface area contributed by atoms with Crippen LogP contribution in [-0.2, 0) is 9.59 Å². The minimum Gasteiger partial charge on any atom is -0.493 e. The van der Waals surface area contributed by atoms with Gasteiger partial charge in [0.15, 0.2) is 11.5 Å². The van der Waals surface area contributed by atoms with Gasteiger partial charge in [-0.25, -0.2) is 9.59 Å². The lowest BCUT2D eigenvalue weighted by atomic mass is 10.1. The first-order valence-electron chi connectivity index (χ1n) is 7.97. The molecule has 1 N–H and O–H groups in total. The number of carbonyl (C=O) groups is 2. The number of esters is 1. The summed E-state index contributed by atoms with van der Waals surface area (Å²) in [6, 6.07) is 11.8. The van der Waals surface area contributed by atoms with Gasteiger partial charge < -0.3 is 19.3 Å². The van der Waals surface area contributed by atoms with E-state index in [1.54, 1.807) is 38.1 Å². The van der Waals surface area contributed by atoms with Crippen molar-refractivity contribution < 1.29 is 28.9 Å². The van der Waals surface area contributed by atoms with Crippen LogP contribution in [0.15, 0.2) is 53.0 Å². The van der Waals surface area contributed by atoms with Gasteiger partial charge in [0, 0.05) is 10.5 Å². The quantitative estimate of drug-likeness (QED) is 0.396. The Kier molecular flexibility index (Phi) is 6.63. The third-order valence-electron chi connectivity index (χ3n) is 3.49. The molecule has 0 spiro atoms. The molecule has 0 heterocycles. The predicted molar refractivity (Wildman–Crippen MR) is 104 cm³/mol. The van der Waals surface area contributed by atoms with E-state index in [-0.39, 0.29) is 5.75 Å². The molecule has 0 bridgehead atoms. The van der Waals surface area contributed by atoms with Crippen LogP contribution >= 0.6 is 15.9 Å². The zero-order valence-corrected chi connectivity index (χ0v) is 16.6. The molecule has 0 aliphatic carbocycles. The van der Waals surface area contributed by atoms with Crippen molar-refractivity contribution in [3.05, 3.63) is 58.6 Å². The molecule has 6 nitrogen and oxygen atoms in total. The lowest BCUT2D eigenvalue weighted by Crippen LogP contribution is -2.41. The third kappa shape index (κ3) is 5.86. The van der Waals surface area contributed by atoms with Crippen LogP contribution in [0.2, 0.25) is 0 Å². The van der Waals surface area contributed by atoms with Gasteiger partial charge in [0.25, 0.3) is 0 Å². The van der Waals surface area contributed by atoms with Gasteiger partial charge >= 0.3 is 11.9 Å². The van der Waals surface area contributed by atoms with Crippen LogP contribution in [-0.4, -0.2) is 29.8 Å². The van der Waals surface area contributed by atoms with Crippen LogP contribution in [0.4, 0.5) is 0 Å². The minimum absolute atomic E-state index is 0.211. The second kappa shape index (κ2) is 8.73. The van der Waals surface area contributed by atoms with E-state index >= 15 is 0 Å². The maximum atomic E-state index is 12.6. The Hall–Kier alpha value is -2.80. The van der Waals surface area contributed by atoms with Crippen LogP contribution in [0.25, 0.3) is 6.08 Å². The fourth-order valence-corrected chi connectivity index (χ4v) is 2.37. The SMILES string of the molecule is COc1cc(C=CC(=O)O)ccc1OC(=O)C(C)(C)Oc1ccc(Br)cc1. The fourth-order valence-electron chi connectivity index (χ4n) is 2.10. The first-order valence-corrected chi connectivity index (χ1v) is 8.76. The Morgan fingerprint density at radius 2 is 1.74 bits per heavy atom. The summed E-state index contributed by atoms with van der Waals surface area (Å²) in [5.74, 6) is -0.618. The third-order valence-corrected chi connectivity index (χ3v) is 4.02. The second-order valence-corrected chi connectivity index (χ2v) is 6.95. The number of methoxy groups -OCH3 is 1. The summed E-state index contributed by atoms with van der Waals surface area (Å²) in [7, 11) is 1.43. The first-order chi connectivity index (χ1) is 12.7. The number of hydrogen-bond donors (Lipinski definition) is 1. The standard InChI is InChI=1S/C20H19BrO6/c1-20(2,27-15-8-6-14(21)7-9-15)19(24)26-16-10-4-13(5-11-18(22)23)12-17(16)25-3/h4-12H,1-3H3,(H,22,23). The van der Waals surface area contributed by atoms with E-state index in [0.717, 1.165) is 10.5 Å². The number of aliphatic carboxylic acids is 1. The van der Waals surface area contributed by atoms with E-state index in [9.17, 15) is 9.59 Å². The van der Waals surface area contributed by atoms with Gasteiger partial charge in [-0.3, -0.25) is 0 Å². The van der Waals surface area contributed by atoms with E-state index in [4.69, 9.17) is 19.3 Å². The molecular formula is C20H19BrO6. The average molecular weight is 435 g/mol. The van der Waals surface area contributed by atoms with Crippen molar-refractivity contribution in [1.82, 2.24) is 0 Å². The number of benzene rings is 2. The molecule has 2 aromatic carbocycles. The Morgan fingerprint density at radius 1 is 1.07 bits per heavy atom. The Labute approximate surface area is 165 Å². The summed E-state index contributed by atoms with van der Waals surface area (Å²) < 4.78 is 17.3. The summed E-state index contributed by atoms with van der Waals surface area (Å²) in [5.41, 5.74) is -0.639. The minimum atomic E-state index is -1.24. The predicted octanol–water partition coefficient (Wildman–Crippen LogP) is 4.32. The van der Waals surface area contributed by atoms with Crippen molar-refractivity contribution in [1.29, 1.82) is 0 Å². The number of ether oxygens (including phenoxy) is 3. The van der Waals surface area contributed by atoms with Crippen molar-refractivity contribution in [2.45, 2.75) is 19.4 Å². The highest BCUT2D eigenvalue weighted by molar-refractivity contribution is 9.10. The molecule has 142 valence electrons. The molecule has 0 aromatic heterocycles. The van der Waals surface area contributed by atoms with E-state index < -0.39 is 17.5 Å². The Morgan fingerprint density at radius 3 is 2.33 bits per heavy atom. The van der Waals surface area contributed by atoms with E-state index in [1.165, 1.54) is 19.3 Å². The van der Waals surface area contributed by atoms with Crippen molar-refractivity contribution in [2.75, 3.05) is 7.11 Å². The first kappa shape index (κ1) is 20.5. The van der Waals surface area contributed by atoms with Gasteiger partial charge in [-0.05, 0) is 61.9 Å². The molecule has 0 amide bonds. The van der Waals surface area contributed by atoms with E-state index in [2.05, 4.69) is 15.9 Å². The van der Waals surface area contributed by atoms with Crippen molar-refractivity contribution in [3.63, 3.8) is 0 Å². The number of rotatable bonds is 7. The molecule has 2 aromatic rings. The van der Waals surface area contributed by atoms with E-state index in [1.807, 2.05) is 12.1 Å². The van der Waals surface area contributed by atoms with Crippen LogP contribution < -0.4 is 14.2 Å². The maximum absolute atomic E-state index is 12.6. The molecule has 27 heavy (non-hydrogen) atoms. The highest BCUT2D eigenvalue weighted by Crippen LogP contribution is 2.30. The highest BCUT2D eigenvalue weighted by atomic mass is 79.9. The lowest BCUT2D eigenvalue weighted by Gasteiger charge is -2.24. The van der Waals surface area contributed by atoms with Crippen LogP contribution in [0.1, 0.15) is 19.4 Å². The van der Waals surface area contributed by atoms with Crippen molar-refractivity contribution in [2.24, 2.45) is 0 Å². The van der Waals surface area contributed by atoms with Crippen LogP contribution in [0.5, 0.6) is 17.2 Å². The number of carboxylic acids is 1. The molecule has 0 saturated heterocycles. The molecular weight excluding hydrogens is 416 g/mol. The molecule has 0 atom stereocenters. The molecule has 0 unspecified atom stereocenters. The average Bonchev–Trinajstić information content (AvgIpc) is 2.62. The highest BCUT2D eigenvalue weighted by Gasteiger charge is 2.33. The molecule has 0 saturated carbocycles. The maximum Gasteiger partial charge on any atom is 0.355 e. The van der Waals surface area contributed by atoms with Gasteiger partial charge in [-0.2, -0.15) is 0 Å². The fraction of sp³-hybridized carbons (Fsp3) is 0.200. The molecule has 0 aliphatic heterocycles. The normalized spacial score (nSPS) is 11.3. The van der Waals surface area contributed by atoms with E-state index in [0.29, 0.717) is 17.1 Å². The Balaban J connectivity index is 2.15. The summed E-state index contributed by atoms with van der Waals surface area (Å²) in [4.78, 5) is 23.2. The number of hydrogen-bond acceptors (Lipinski definition) is 5. The summed E-state index contributed by atoms with van der Waals surface area (Å²) in [5, 5.41) is 8.70. The zero-order valence-electron chi connectivity index (χ0n) is 15.1.